The molecule has 0 spiro atoms. The number of carbonyl (C=O) groups is 3. The average molecular weight is 333 g/mol. The van der Waals surface area contributed by atoms with Crippen LogP contribution in [0.2, 0.25) is 0 Å². The average Bonchev–Trinajstić information content (AvgIpc) is 2.77. The van der Waals surface area contributed by atoms with Crippen LogP contribution in [0.4, 0.5) is 0 Å². The molecule has 1 aromatic carbocycles. The molecular weight excluding hydrogens is 314 g/mol. The van der Waals surface area contributed by atoms with Crippen LogP contribution in [-0.2, 0) is 19.1 Å². The molecule has 4 atom stereocenters. The van der Waals surface area contributed by atoms with Crippen molar-refractivity contribution in [1.29, 1.82) is 0 Å². The lowest BCUT2D eigenvalue weighted by atomic mass is 9.93. The molecule has 24 heavy (non-hydrogen) atoms. The summed E-state index contributed by atoms with van der Waals surface area (Å²) < 4.78 is 11.0. The number of esters is 1. The first-order chi connectivity index (χ1) is 11.4. The number of rotatable bonds is 3. The summed E-state index contributed by atoms with van der Waals surface area (Å²) in [6.45, 7) is 5.09. The molecule has 3 rings (SSSR count). The van der Waals surface area contributed by atoms with Crippen LogP contribution in [0.5, 0.6) is 0 Å². The molecule has 0 unspecified atom stereocenters. The highest BCUT2D eigenvalue weighted by molar-refractivity contribution is 6.20. The molecule has 0 bridgehead atoms. The van der Waals surface area contributed by atoms with E-state index < -0.39 is 24.2 Å². The van der Waals surface area contributed by atoms with Crippen LogP contribution < -0.4 is 0 Å². The number of benzene rings is 1. The predicted molar refractivity (Wildman–Crippen MR) is 81.7 cm³/mol. The number of fused-ring (bicyclic) bond motifs is 1. The van der Waals surface area contributed by atoms with E-state index in [1.165, 1.54) is 6.92 Å². The second-order valence-electron chi connectivity index (χ2n) is 6.07. The second kappa shape index (κ2) is 6.33. The van der Waals surface area contributed by atoms with Gasteiger partial charge < -0.3 is 9.47 Å². The lowest BCUT2D eigenvalue weighted by Crippen LogP contribution is -2.47. The van der Waals surface area contributed by atoms with Gasteiger partial charge in [-0.1, -0.05) is 19.1 Å². The molecule has 7 nitrogen and oxygen atoms in total. The molecule has 2 heterocycles. The summed E-state index contributed by atoms with van der Waals surface area (Å²) in [5, 5.41) is 0.725. The van der Waals surface area contributed by atoms with Crippen molar-refractivity contribution in [2.75, 3.05) is 0 Å². The van der Waals surface area contributed by atoms with Gasteiger partial charge >= 0.3 is 5.97 Å². The van der Waals surface area contributed by atoms with E-state index >= 15 is 0 Å². The number of ether oxygens (including phenoxy) is 2. The van der Waals surface area contributed by atoms with Gasteiger partial charge in [-0.25, -0.2) is 4.84 Å². The van der Waals surface area contributed by atoms with Gasteiger partial charge in [-0.3, -0.25) is 14.4 Å². The van der Waals surface area contributed by atoms with E-state index in [0.29, 0.717) is 11.1 Å². The number of amides is 2. The minimum atomic E-state index is -0.845. The Bertz CT molecular complexity index is 652. The summed E-state index contributed by atoms with van der Waals surface area (Å²) in [6, 6.07) is 6.52. The first-order valence-electron chi connectivity index (χ1n) is 7.85. The van der Waals surface area contributed by atoms with E-state index in [9.17, 15) is 14.4 Å². The summed E-state index contributed by atoms with van der Waals surface area (Å²) in [4.78, 5) is 41.4. The molecule has 0 radical (unpaired) electrons. The maximum Gasteiger partial charge on any atom is 0.302 e. The lowest BCUT2D eigenvalue weighted by Gasteiger charge is -2.38. The molecule has 0 saturated carbocycles. The van der Waals surface area contributed by atoms with Crippen LogP contribution in [-0.4, -0.2) is 41.3 Å². The van der Waals surface area contributed by atoms with Crippen molar-refractivity contribution in [3.8, 4) is 0 Å². The quantitative estimate of drug-likeness (QED) is 0.621. The number of hydroxylamine groups is 2. The van der Waals surface area contributed by atoms with Crippen molar-refractivity contribution in [3.05, 3.63) is 35.4 Å². The van der Waals surface area contributed by atoms with Crippen LogP contribution in [0.25, 0.3) is 0 Å². The highest BCUT2D eigenvalue weighted by atomic mass is 16.8. The molecule has 0 aromatic heterocycles. The van der Waals surface area contributed by atoms with Gasteiger partial charge in [0.1, 0.15) is 6.10 Å². The van der Waals surface area contributed by atoms with Crippen LogP contribution in [0.3, 0.4) is 0 Å². The van der Waals surface area contributed by atoms with Gasteiger partial charge in [0.05, 0.1) is 17.2 Å². The second-order valence-corrected chi connectivity index (χ2v) is 6.07. The van der Waals surface area contributed by atoms with Gasteiger partial charge in [-0.05, 0) is 19.1 Å². The maximum atomic E-state index is 12.3. The molecule has 2 aliphatic rings. The standard InChI is InChI=1S/C17H19NO6/c1-9-10(2)22-15(8-14(9)23-11(3)19)24-18-16(20)12-6-4-5-7-13(12)17(18)21/h4-7,9-10,14-15H,8H2,1-3H3/t9-,10+,14+,15+/m1/s1. The fourth-order valence-corrected chi connectivity index (χ4v) is 2.94. The third-order valence-electron chi connectivity index (χ3n) is 4.42. The Morgan fingerprint density at radius 3 is 2.29 bits per heavy atom. The van der Waals surface area contributed by atoms with E-state index in [1.54, 1.807) is 24.3 Å². The molecule has 1 aromatic rings. The number of imide groups is 1. The number of hydrogen-bond acceptors (Lipinski definition) is 6. The SMILES string of the molecule is CC(=O)O[C@H]1C[C@H](ON2C(=O)c3ccccc3C2=O)O[C@@H](C)[C@H]1C. The minimum Gasteiger partial charge on any atom is -0.462 e. The fourth-order valence-electron chi connectivity index (χ4n) is 2.94. The molecule has 1 fully saturated rings. The van der Waals surface area contributed by atoms with Gasteiger partial charge in [0.15, 0.2) is 6.29 Å². The maximum absolute atomic E-state index is 12.3. The first-order valence-corrected chi connectivity index (χ1v) is 7.85. The highest BCUT2D eigenvalue weighted by Crippen LogP contribution is 2.31. The van der Waals surface area contributed by atoms with Gasteiger partial charge in [0.2, 0.25) is 0 Å². The first kappa shape index (κ1) is 16.6. The molecular formula is C17H19NO6. The van der Waals surface area contributed by atoms with E-state index in [4.69, 9.17) is 14.3 Å². The van der Waals surface area contributed by atoms with Gasteiger partial charge in [0.25, 0.3) is 11.8 Å². The monoisotopic (exact) mass is 333 g/mol. The molecule has 0 N–H and O–H groups in total. The predicted octanol–water partition coefficient (Wildman–Crippen LogP) is 1.92. The van der Waals surface area contributed by atoms with Crippen molar-refractivity contribution in [2.24, 2.45) is 5.92 Å². The van der Waals surface area contributed by atoms with E-state index in [0.717, 1.165) is 5.06 Å². The van der Waals surface area contributed by atoms with Crippen molar-refractivity contribution in [3.63, 3.8) is 0 Å². The zero-order valence-electron chi connectivity index (χ0n) is 13.7. The van der Waals surface area contributed by atoms with Crippen molar-refractivity contribution in [2.45, 2.75) is 45.7 Å². The topological polar surface area (TPSA) is 82.1 Å². The Balaban J connectivity index is 1.73. The summed E-state index contributed by atoms with van der Waals surface area (Å²) in [7, 11) is 0. The molecule has 7 heteroatoms. The summed E-state index contributed by atoms with van der Waals surface area (Å²) in [5.74, 6) is -1.44. The highest BCUT2D eigenvalue weighted by Gasteiger charge is 2.42. The Labute approximate surface area is 139 Å². The van der Waals surface area contributed by atoms with Crippen molar-refractivity contribution < 1.29 is 28.7 Å². The van der Waals surface area contributed by atoms with Gasteiger partial charge in [0, 0.05) is 19.3 Å². The third-order valence-corrected chi connectivity index (χ3v) is 4.42. The third kappa shape index (κ3) is 2.92. The Kier molecular flexibility index (Phi) is 4.38. The fraction of sp³-hybridized carbons (Fsp3) is 0.471. The molecule has 128 valence electrons. The Hall–Kier alpha value is -2.25. The molecule has 2 aliphatic heterocycles. The van der Waals surface area contributed by atoms with E-state index in [1.807, 2.05) is 13.8 Å². The van der Waals surface area contributed by atoms with Crippen LogP contribution in [0.15, 0.2) is 24.3 Å². The van der Waals surface area contributed by atoms with Gasteiger partial charge in [-0.15, -0.1) is 5.06 Å². The van der Waals surface area contributed by atoms with Crippen LogP contribution in [0, 0.1) is 5.92 Å². The van der Waals surface area contributed by atoms with E-state index in [-0.39, 0.29) is 24.4 Å². The van der Waals surface area contributed by atoms with Crippen molar-refractivity contribution in [1.82, 2.24) is 5.06 Å². The Morgan fingerprint density at radius 1 is 1.17 bits per heavy atom. The lowest BCUT2D eigenvalue weighted by molar-refractivity contribution is -0.287. The Morgan fingerprint density at radius 2 is 1.75 bits per heavy atom. The molecule has 2 amide bonds. The molecule has 1 saturated heterocycles. The zero-order valence-corrected chi connectivity index (χ0v) is 13.7. The zero-order chi connectivity index (χ0) is 17.4. The van der Waals surface area contributed by atoms with E-state index in [2.05, 4.69) is 0 Å². The normalized spacial score (nSPS) is 29.5. The van der Waals surface area contributed by atoms with Crippen LogP contribution in [0.1, 0.15) is 47.9 Å². The number of hydrogen-bond donors (Lipinski definition) is 0. The number of carbonyl (C=O) groups excluding carboxylic acids is 3. The van der Waals surface area contributed by atoms with Crippen LogP contribution >= 0.6 is 0 Å². The smallest absolute Gasteiger partial charge is 0.302 e. The summed E-state index contributed by atoms with van der Waals surface area (Å²) in [5.41, 5.74) is 0.604. The van der Waals surface area contributed by atoms with Gasteiger partial charge in [-0.2, -0.15) is 0 Å². The number of nitrogens with zero attached hydrogens (tertiary/aromatic N) is 1. The summed E-state index contributed by atoms with van der Waals surface area (Å²) in [6.07, 6.45) is -1.24. The largest absolute Gasteiger partial charge is 0.462 e. The molecule has 0 aliphatic carbocycles. The summed E-state index contributed by atoms with van der Waals surface area (Å²) >= 11 is 0. The minimum absolute atomic E-state index is 0.0177. The van der Waals surface area contributed by atoms with Crippen molar-refractivity contribution >= 4 is 17.8 Å².